The van der Waals surface area contributed by atoms with Gasteiger partial charge in [0.2, 0.25) is 0 Å². The van der Waals surface area contributed by atoms with Crippen LogP contribution >= 0.6 is 0 Å². The zero-order valence-corrected chi connectivity index (χ0v) is 13.4. The molecule has 3 heterocycles. The third kappa shape index (κ3) is 2.43. The van der Waals surface area contributed by atoms with Gasteiger partial charge in [-0.05, 0) is 29.1 Å². The summed E-state index contributed by atoms with van der Waals surface area (Å²) < 4.78 is 7.63. The minimum atomic E-state index is 0.415. The van der Waals surface area contributed by atoms with Crippen molar-refractivity contribution in [3.63, 3.8) is 0 Å². The molecule has 0 amide bonds. The smallest absolute Gasteiger partial charge is 0.181 e. The lowest BCUT2D eigenvalue weighted by Gasteiger charge is -2.35. The van der Waals surface area contributed by atoms with Crippen LogP contribution in [0.2, 0.25) is 12.6 Å². The van der Waals surface area contributed by atoms with Crippen molar-refractivity contribution in [2.75, 3.05) is 13.2 Å². The number of rotatable bonds is 2. The van der Waals surface area contributed by atoms with E-state index in [-0.39, 0.29) is 0 Å². The highest BCUT2D eigenvalue weighted by Crippen LogP contribution is 2.52. The fourth-order valence-electron chi connectivity index (χ4n) is 3.81. The van der Waals surface area contributed by atoms with Crippen molar-refractivity contribution in [3.8, 4) is 0 Å². The van der Waals surface area contributed by atoms with Gasteiger partial charge in [-0.15, -0.1) is 0 Å². The van der Waals surface area contributed by atoms with Gasteiger partial charge in [0.1, 0.15) is 0 Å². The Hall–Kier alpha value is -0.765. The molecule has 1 aromatic heterocycles. The highest BCUT2D eigenvalue weighted by Gasteiger charge is 2.48. The van der Waals surface area contributed by atoms with E-state index in [4.69, 9.17) is 4.74 Å². The third-order valence-corrected chi connectivity index (χ3v) is 6.00. The molecule has 2 fully saturated rings. The van der Waals surface area contributed by atoms with Crippen LogP contribution in [-0.4, -0.2) is 29.7 Å². The molecule has 3 nitrogen and oxygen atoms in total. The van der Waals surface area contributed by atoms with Gasteiger partial charge in [0, 0.05) is 25.6 Å². The van der Waals surface area contributed by atoms with Crippen molar-refractivity contribution in [2.45, 2.75) is 59.2 Å². The molecule has 20 heavy (non-hydrogen) atoms. The second-order valence-corrected chi connectivity index (χ2v) is 7.97. The van der Waals surface area contributed by atoms with Gasteiger partial charge in [-0.2, -0.15) is 5.10 Å². The number of aromatic nitrogens is 2. The third-order valence-electron chi connectivity index (χ3n) is 6.00. The van der Waals surface area contributed by atoms with Crippen LogP contribution in [0.5, 0.6) is 0 Å². The largest absolute Gasteiger partial charge is 0.381 e. The summed E-state index contributed by atoms with van der Waals surface area (Å²) in [6.45, 7) is 12.1. The molecular weight excluding hydrogens is 247 g/mol. The molecule has 2 aliphatic rings. The Balaban J connectivity index is 1.74. The van der Waals surface area contributed by atoms with Crippen LogP contribution in [0.3, 0.4) is 0 Å². The summed E-state index contributed by atoms with van der Waals surface area (Å²) in [5.74, 6) is 0. The lowest BCUT2D eigenvalue weighted by molar-refractivity contribution is 0.0662. The molecule has 4 heteroatoms. The van der Waals surface area contributed by atoms with Gasteiger partial charge in [-0.25, -0.2) is 0 Å². The molecule has 3 rings (SSSR count). The predicted molar refractivity (Wildman–Crippen MR) is 83.9 cm³/mol. The average Bonchev–Trinajstić information content (AvgIpc) is 2.94. The number of nitrogens with zero attached hydrogens (tertiary/aromatic N) is 2. The monoisotopic (exact) mass is 274 g/mol. The maximum atomic E-state index is 5.44. The van der Waals surface area contributed by atoms with E-state index in [0.717, 1.165) is 26.1 Å². The number of hydrogen-bond donors (Lipinski definition) is 0. The summed E-state index contributed by atoms with van der Waals surface area (Å²) in [6, 6.07) is 0.542. The van der Waals surface area contributed by atoms with Crippen molar-refractivity contribution in [3.05, 3.63) is 12.4 Å². The topological polar surface area (TPSA) is 27.1 Å². The van der Waals surface area contributed by atoms with Gasteiger partial charge < -0.3 is 4.74 Å². The van der Waals surface area contributed by atoms with Gasteiger partial charge in [0.15, 0.2) is 6.71 Å². The highest BCUT2D eigenvalue weighted by atomic mass is 16.5. The molecule has 0 N–H and O–H groups in total. The van der Waals surface area contributed by atoms with E-state index < -0.39 is 0 Å². The van der Waals surface area contributed by atoms with Crippen molar-refractivity contribution in [1.29, 1.82) is 0 Å². The molecule has 0 unspecified atom stereocenters. The van der Waals surface area contributed by atoms with Gasteiger partial charge in [-0.1, -0.05) is 40.3 Å². The van der Waals surface area contributed by atoms with Gasteiger partial charge >= 0.3 is 0 Å². The van der Waals surface area contributed by atoms with Crippen LogP contribution in [0.1, 0.15) is 46.6 Å². The molecule has 0 saturated carbocycles. The fraction of sp³-hybridized carbons (Fsp3) is 0.812. The Labute approximate surface area is 123 Å². The van der Waals surface area contributed by atoms with Crippen LogP contribution in [-0.2, 0) is 4.74 Å². The predicted octanol–water partition coefficient (Wildman–Crippen LogP) is 3.00. The van der Waals surface area contributed by atoms with Crippen LogP contribution < -0.4 is 5.46 Å². The molecule has 2 aliphatic heterocycles. The quantitative estimate of drug-likeness (QED) is 0.775. The molecule has 0 spiro atoms. The average molecular weight is 274 g/mol. The Bertz CT molecular complexity index is 459. The first-order valence-corrected chi connectivity index (χ1v) is 8.01. The summed E-state index contributed by atoms with van der Waals surface area (Å²) in [5, 5.41) is 4.64. The second kappa shape index (κ2) is 4.90. The summed E-state index contributed by atoms with van der Waals surface area (Å²) >= 11 is 0. The van der Waals surface area contributed by atoms with Crippen molar-refractivity contribution >= 4 is 12.2 Å². The zero-order chi connectivity index (χ0) is 14.4. The molecule has 0 aromatic carbocycles. The lowest BCUT2D eigenvalue weighted by atomic mass is 9.43. The Kier molecular flexibility index (Phi) is 3.48. The first-order chi connectivity index (χ1) is 9.39. The van der Waals surface area contributed by atoms with Crippen LogP contribution in [0.4, 0.5) is 0 Å². The van der Waals surface area contributed by atoms with Crippen LogP contribution in [0.15, 0.2) is 12.4 Å². The normalized spacial score (nSPS) is 26.1. The van der Waals surface area contributed by atoms with E-state index in [2.05, 4.69) is 49.9 Å². The van der Waals surface area contributed by atoms with E-state index in [0.29, 0.717) is 23.6 Å². The van der Waals surface area contributed by atoms with Gasteiger partial charge in [0.05, 0.1) is 6.04 Å². The van der Waals surface area contributed by atoms with E-state index in [1.165, 1.54) is 18.1 Å². The Morgan fingerprint density at radius 2 is 1.75 bits per heavy atom. The minimum absolute atomic E-state index is 0.415. The van der Waals surface area contributed by atoms with Crippen molar-refractivity contribution in [1.82, 2.24) is 9.78 Å². The van der Waals surface area contributed by atoms with Crippen molar-refractivity contribution in [2.24, 2.45) is 10.8 Å². The molecule has 0 atom stereocenters. The first-order valence-electron chi connectivity index (χ1n) is 8.01. The minimum Gasteiger partial charge on any atom is -0.381 e. The van der Waals surface area contributed by atoms with Crippen LogP contribution in [0.25, 0.3) is 0 Å². The molecule has 2 saturated heterocycles. The number of ether oxygens (including phenoxy) is 1. The second-order valence-electron chi connectivity index (χ2n) is 7.97. The fourth-order valence-corrected chi connectivity index (χ4v) is 3.81. The highest BCUT2D eigenvalue weighted by molar-refractivity contribution is 6.74. The first kappa shape index (κ1) is 14.2. The molecule has 0 bridgehead atoms. The van der Waals surface area contributed by atoms with Gasteiger partial charge in [0.25, 0.3) is 0 Å². The van der Waals surface area contributed by atoms with Gasteiger partial charge in [-0.3, -0.25) is 4.68 Å². The molecule has 0 aliphatic carbocycles. The maximum absolute atomic E-state index is 5.44. The van der Waals surface area contributed by atoms with E-state index in [1.54, 1.807) is 0 Å². The summed E-state index contributed by atoms with van der Waals surface area (Å²) in [7, 11) is 0. The molecule has 1 aromatic rings. The molecule has 110 valence electrons. The SMILES string of the molecule is CC1(C)CB(c2cnn(C3CCOCC3)c2)CC1(C)C. The summed E-state index contributed by atoms with van der Waals surface area (Å²) in [4.78, 5) is 0. The van der Waals surface area contributed by atoms with E-state index in [9.17, 15) is 0 Å². The summed E-state index contributed by atoms with van der Waals surface area (Å²) in [5.41, 5.74) is 2.27. The Morgan fingerprint density at radius 3 is 2.35 bits per heavy atom. The van der Waals surface area contributed by atoms with Crippen molar-refractivity contribution < 1.29 is 4.74 Å². The van der Waals surface area contributed by atoms with Crippen LogP contribution in [0, 0.1) is 10.8 Å². The molecular formula is C16H27BN2O. The lowest BCUT2D eigenvalue weighted by Crippen LogP contribution is -2.27. The molecule has 0 radical (unpaired) electrons. The zero-order valence-electron chi connectivity index (χ0n) is 13.4. The van der Waals surface area contributed by atoms with E-state index >= 15 is 0 Å². The summed E-state index contributed by atoms with van der Waals surface area (Å²) in [6.07, 6.45) is 9.17. The number of hydrogen-bond acceptors (Lipinski definition) is 2. The maximum Gasteiger partial charge on any atom is 0.181 e. The Morgan fingerprint density at radius 1 is 1.15 bits per heavy atom. The standard InChI is InChI=1S/C16H27BN2O/c1-15(2)11-17(12-16(15,3)4)13-9-18-19(10-13)14-5-7-20-8-6-14/h9-10,14H,5-8,11-12H2,1-4H3. The van der Waals surface area contributed by atoms with E-state index in [1.807, 2.05) is 0 Å².